The summed E-state index contributed by atoms with van der Waals surface area (Å²) in [5.41, 5.74) is 1.35. The Morgan fingerprint density at radius 2 is 2.00 bits per heavy atom. The third-order valence-corrected chi connectivity index (χ3v) is 9.23. The van der Waals surface area contributed by atoms with E-state index in [0.29, 0.717) is 15.2 Å². The fourth-order valence-corrected chi connectivity index (χ4v) is 8.74. The summed E-state index contributed by atoms with van der Waals surface area (Å²) >= 11 is 0.337. The van der Waals surface area contributed by atoms with Gasteiger partial charge in [0.15, 0.2) is 0 Å². The van der Waals surface area contributed by atoms with Crippen molar-refractivity contribution in [1.29, 1.82) is 0 Å². The monoisotopic (exact) mass is 365 g/mol. The Labute approximate surface area is 138 Å². The fraction of sp³-hybridized carbons (Fsp3) is 0.667. The van der Waals surface area contributed by atoms with Crippen molar-refractivity contribution in [2.75, 3.05) is 7.11 Å². The van der Waals surface area contributed by atoms with Crippen LogP contribution in [0.1, 0.15) is 44.1 Å². The second-order valence-electron chi connectivity index (χ2n) is 7.99. The van der Waals surface area contributed by atoms with Gasteiger partial charge in [0.1, 0.15) is 0 Å². The van der Waals surface area contributed by atoms with E-state index in [9.17, 15) is 5.11 Å². The molecule has 4 bridgehead atoms. The molecule has 1 aliphatic heterocycles. The minimum atomic E-state index is -0.362. The molecule has 0 amide bonds. The number of aliphatic hydroxyl groups is 1. The van der Waals surface area contributed by atoms with Gasteiger partial charge in [0.25, 0.3) is 0 Å². The van der Waals surface area contributed by atoms with Crippen LogP contribution in [0, 0.1) is 11.8 Å². The van der Waals surface area contributed by atoms with Gasteiger partial charge in [-0.1, -0.05) is 0 Å². The van der Waals surface area contributed by atoms with Crippen LogP contribution in [0.15, 0.2) is 18.2 Å². The summed E-state index contributed by atoms with van der Waals surface area (Å²) in [6.07, 6.45) is 7.10. The number of hydrogen-bond donors (Lipinski definition) is 1. The molecule has 3 nitrogen and oxygen atoms in total. The van der Waals surface area contributed by atoms with Gasteiger partial charge in [-0.2, -0.15) is 0 Å². The zero-order chi connectivity index (χ0) is 14.9. The van der Waals surface area contributed by atoms with Crippen molar-refractivity contribution < 1.29 is 9.84 Å². The van der Waals surface area contributed by atoms with Crippen molar-refractivity contribution in [2.24, 2.45) is 11.8 Å². The molecule has 6 rings (SSSR count). The van der Waals surface area contributed by atoms with Crippen LogP contribution in [0.2, 0.25) is 0 Å². The van der Waals surface area contributed by atoms with Crippen molar-refractivity contribution in [3.63, 3.8) is 0 Å². The number of hydrogen-bond acceptors (Lipinski definition) is 3. The summed E-state index contributed by atoms with van der Waals surface area (Å²) in [7, 11) is 1.78. The second kappa shape index (κ2) is 4.51. The van der Waals surface area contributed by atoms with E-state index >= 15 is 0 Å². The van der Waals surface area contributed by atoms with Crippen LogP contribution in [-0.2, 0) is 6.54 Å². The van der Waals surface area contributed by atoms with Gasteiger partial charge in [0, 0.05) is 0 Å². The zero-order valence-electron chi connectivity index (χ0n) is 13.0. The van der Waals surface area contributed by atoms with E-state index in [4.69, 9.17) is 4.74 Å². The zero-order valence-corrected chi connectivity index (χ0v) is 14.8. The first-order chi connectivity index (χ1) is 10.6. The molecule has 5 aliphatic rings. The molecule has 4 saturated carbocycles. The normalized spacial score (nSPS) is 42.6. The Morgan fingerprint density at radius 1 is 1.23 bits per heavy atom. The molecule has 4 heteroatoms. The number of nitrogens with zero attached hydrogens (tertiary/aromatic N) is 1. The Kier molecular flexibility index (Phi) is 2.84. The van der Waals surface area contributed by atoms with E-state index in [0.717, 1.165) is 43.4 Å². The Bertz CT molecular complexity index is 618. The van der Waals surface area contributed by atoms with Gasteiger partial charge in [0.2, 0.25) is 0 Å². The quantitative estimate of drug-likeness (QED) is 0.813. The van der Waals surface area contributed by atoms with Gasteiger partial charge in [-0.05, 0) is 0 Å². The minimum absolute atomic E-state index is 0.267. The fourth-order valence-electron chi connectivity index (χ4n) is 5.97. The molecule has 2 unspecified atom stereocenters. The van der Waals surface area contributed by atoms with E-state index in [-0.39, 0.29) is 11.1 Å². The van der Waals surface area contributed by atoms with Crippen molar-refractivity contribution in [3.8, 4) is 5.75 Å². The summed E-state index contributed by atoms with van der Waals surface area (Å²) in [5.74, 6) is 2.57. The van der Waals surface area contributed by atoms with Crippen LogP contribution in [0.3, 0.4) is 0 Å². The summed E-state index contributed by atoms with van der Waals surface area (Å²) in [6.45, 7) is 1.06. The molecule has 1 heterocycles. The maximum atomic E-state index is 11.0. The average molecular weight is 364 g/mol. The van der Waals surface area contributed by atoms with Crippen molar-refractivity contribution >= 4 is 19.6 Å². The van der Waals surface area contributed by atoms with Gasteiger partial charge in [-0.15, -0.1) is 0 Å². The molecule has 0 saturated heterocycles. The first kappa shape index (κ1) is 13.9. The first-order valence-electron chi connectivity index (χ1n) is 8.43. The molecule has 0 spiro atoms. The third-order valence-electron chi connectivity index (χ3n) is 6.32. The molecular formula is C18H23NO2Se. The Hall–Kier alpha value is -0.541. The molecule has 2 atom stereocenters. The molecule has 0 aromatic heterocycles. The van der Waals surface area contributed by atoms with Crippen molar-refractivity contribution in [1.82, 2.24) is 3.92 Å². The second-order valence-corrected chi connectivity index (χ2v) is 10.2. The van der Waals surface area contributed by atoms with E-state index in [1.165, 1.54) is 29.3 Å². The Balaban J connectivity index is 1.49. The molecular weight excluding hydrogens is 341 g/mol. The number of benzene rings is 1. The van der Waals surface area contributed by atoms with Crippen LogP contribution >= 0.6 is 0 Å². The molecule has 118 valence electrons. The molecule has 4 fully saturated rings. The predicted octanol–water partition coefficient (Wildman–Crippen LogP) is 1.84. The number of ether oxygens (including phenoxy) is 1. The van der Waals surface area contributed by atoms with Gasteiger partial charge in [0.05, 0.1) is 0 Å². The third kappa shape index (κ3) is 1.88. The van der Waals surface area contributed by atoms with E-state index in [2.05, 4.69) is 22.1 Å². The number of methoxy groups -OCH3 is 1. The molecule has 0 radical (unpaired) electrons. The topological polar surface area (TPSA) is 32.7 Å². The standard InChI is InChI=1S/C18H23NO2Se/c1-21-15-4-2-3-14-10-19(22-16(14)15)17-6-12-5-13(7-17)9-18(20,8-12)11-17/h2-4,12-13,20H,5-11H2,1H3. The Morgan fingerprint density at radius 3 is 2.68 bits per heavy atom. The number of fused-ring (bicyclic) bond motifs is 1. The van der Waals surface area contributed by atoms with Crippen molar-refractivity contribution in [3.05, 3.63) is 23.8 Å². The van der Waals surface area contributed by atoms with Crippen LogP contribution in [-0.4, -0.2) is 42.4 Å². The van der Waals surface area contributed by atoms with E-state index < -0.39 is 0 Å². The number of rotatable bonds is 2. The summed E-state index contributed by atoms with van der Waals surface area (Å²) in [4.78, 5) is 0. The van der Waals surface area contributed by atoms with Crippen LogP contribution in [0.25, 0.3) is 0 Å². The molecule has 22 heavy (non-hydrogen) atoms. The van der Waals surface area contributed by atoms with Gasteiger partial charge >= 0.3 is 138 Å². The van der Waals surface area contributed by atoms with Crippen LogP contribution in [0.4, 0.5) is 0 Å². The van der Waals surface area contributed by atoms with Gasteiger partial charge < -0.3 is 0 Å². The van der Waals surface area contributed by atoms with Gasteiger partial charge in [-0.3, -0.25) is 0 Å². The summed E-state index contributed by atoms with van der Waals surface area (Å²) in [5, 5.41) is 11.0. The predicted molar refractivity (Wildman–Crippen MR) is 86.3 cm³/mol. The summed E-state index contributed by atoms with van der Waals surface area (Å²) in [6, 6.07) is 6.47. The van der Waals surface area contributed by atoms with E-state index in [1.54, 1.807) is 7.11 Å². The first-order valence-corrected chi connectivity index (χ1v) is 10.1. The summed E-state index contributed by atoms with van der Waals surface area (Å²) < 4.78 is 9.75. The van der Waals surface area contributed by atoms with E-state index in [1.807, 2.05) is 0 Å². The average Bonchev–Trinajstić information content (AvgIpc) is 2.89. The molecule has 1 aromatic rings. The maximum absolute atomic E-state index is 11.0. The van der Waals surface area contributed by atoms with Crippen molar-refractivity contribution in [2.45, 2.75) is 56.2 Å². The van der Waals surface area contributed by atoms with Crippen LogP contribution < -0.4 is 9.20 Å². The van der Waals surface area contributed by atoms with Crippen LogP contribution in [0.5, 0.6) is 5.75 Å². The molecule has 1 N–H and O–H groups in total. The SMILES string of the molecule is COc1cccc2c1[Se]N(C13CC4CC(CC(O)(C4)C1)C3)C2. The molecule has 1 aromatic carbocycles. The van der Waals surface area contributed by atoms with Gasteiger partial charge in [-0.25, -0.2) is 0 Å². The molecule has 4 aliphatic carbocycles.